The molecule has 0 radical (unpaired) electrons. The predicted octanol–water partition coefficient (Wildman–Crippen LogP) is 1.65. The number of nitrogen functional groups attached to an aromatic ring is 1. The Morgan fingerprint density at radius 3 is 2.78 bits per heavy atom. The smallest absolute Gasteiger partial charge is 0.451 e. The van der Waals surface area contributed by atoms with Crippen molar-refractivity contribution in [2.24, 2.45) is 0 Å². The van der Waals surface area contributed by atoms with Crippen LogP contribution in [-0.2, 0) is 15.7 Å². The lowest BCUT2D eigenvalue weighted by atomic mass is 10.3. The molecule has 0 amide bonds. The minimum atomic E-state index is -4.67. The van der Waals surface area contributed by atoms with E-state index in [1.807, 2.05) is 0 Å². The number of halogens is 3. The van der Waals surface area contributed by atoms with E-state index in [-0.39, 0.29) is 18.0 Å². The minimum Gasteiger partial charge on any atom is -0.463 e. The fourth-order valence-electron chi connectivity index (χ4n) is 1.01. The lowest BCUT2D eigenvalue weighted by Crippen LogP contribution is -2.12. The maximum absolute atomic E-state index is 12.3. The quantitative estimate of drug-likeness (QED) is 0.661. The van der Waals surface area contributed by atoms with Gasteiger partial charge in [0.15, 0.2) is 0 Å². The highest BCUT2D eigenvalue weighted by molar-refractivity contribution is 5.87. The third-order valence-corrected chi connectivity index (χ3v) is 1.77. The molecule has 0 atom stereocenters. The zero-order valence-corrected chi connectivity index (χ0v) is 9.36. The third-order valence-electron chi connectivity index (χ3n) is 1.77. The molecule has 1 aromatic rings. The van der Waals surface area contributed by atoms with E-state index < -0.39 is 18.0 Å². The van der Waals surface area contributed by atoms with Gasteiger partial charge in [-0.05, 0) is 13.0 Å². The van der Waals surface area contributed by atoms with Crippen molar-refractivity contribution in [1.29, 1.82) is 0 Å². The molecule has 18 heavy (non-hydrogen) atoms. The lowest BCUT2D eigenvalue weighted by Gasteiger charge is -2.06. The Hall–Kier alpha value is -2.12. The van der Waals surface area contributed by atoms with Crippen molar-refractivity contribution in [2.45, 2.75) is 13.1 Å². The maximum Gasteiger partial charge on any atom is 0.451 e. The summed E-state index contributed by atoms with van der Waals surface area (Å²) in [6.07, 6.45) is -1.84. The molecule has 5 nitrogen and oxygen atoms in total. The Labute approximate surface area is 100 Å². The van der Waals surface area contributed by atoms with Gasteiger partial charge in [-0.25, -0.2) is 14.8 Å². The third kappa shape index (κ3) is 3.72. The first-order valence-electron chi connectivity index (χ1n) is 4.89. The van der Waals surface area contributed by atoms with Crippen molar-refractivity contribution in [1.82, 2.24) is 9.97 Å². The van der Waals surface area contributed by atoms with Gasteiger partial charge < -0.3 is 10.5 Å². The van der Waals surface area contributed by atoms with Crippen LogP contribution in [0.15, 0.2) is 12.3 Å². The molecule has 0 spiro atoms. The molecule has 0 saturated heterocycles. The second-order valence-corrected chi connectivity index (χ2v) is 3.12. The Kier molecular flexibility index (Phi) is 4.24. The molecule has 0 aliphatic heterocycles. The van der Waals surface area contributed by atoms with E-state index >= 15 is 0 Å². The molecule has 0 aliphatic carbocycles. The van der Waals surface area contributed by atoms with E-state index in [0.717, 1.165) is 18.3 Å². The second kappa shape index (κ2) is 5.48. The zero-order chi connectivity index (χ0) is 13.8. The molecule has 98 valence electrons. The number of esters is 1. The summed E-state index contributed by atoms with van der Waals surface area (Å²) in [7, 11) is 0. The number of aromatic nitrogens is 2. The zero-order valence-electron chi connectivity index (χ0n) is 9.36. The number of rotatable bonds is 3. The van der Waals surface area contributed by atoms with E-state index in [4.69, 9.17) is 5.73 Å². The van der Waals surface area contributed by atoms with Crippen molar-refractivity contribution >= 4 is 17.7 Å². The van der Waals surface area contributed by atoms with Gasteiger partial charge in [0, 0.05) is 6.08 Å². The summed E-state index contributed by atoms with van der Waals surface area (Å²) in [4.78, 5) is 17.3. The summed E-state index contributed by atoms with van der Waals surface area (Å²) >= 11 is 0. The van der Waals surface area contributed by atoms with Crippen LogP contribution in [0.2, 0.25) is 0 Å². The first-order chi connectivity index (χ1) is 8.34. The van der Waals surface area contributed by atoms with Gasteiger partial charge in [0.05, 0.1) is 24.2 Å². The highest BCUT2D eigenvalue weighted by Gasteiger charge is 2.34. The van der Waals surface area contributed by atoms with Gasteiger partial charge in [-0.1, -0.05) is 0 Å². The number of carbonyl (C=O) groups excluding carboxylic acids is 1. The molecule has 0 aromatic carbocycles. The molecule has 0 bridgehead atoms. The SMILES string of the molecule is CCOC(=O)/C=C/c1nc(C(F)(F)F)ncc1N. The number of alkyl halides is 3. The van der Waals surface area contributed by atoms with Crippen LogP contribution in [0.1, 0.15) is 18.4 Å². The number of anilines is 1. The number of nitrogens with zero attached hydrogens (tertiary/aromatic N) is 2. The Bertz CT molecular complexity index is 472. The molecule has 0 saturated carbocycles. The van der Waals surface area contributed by atoms with Gasteiger partial charge in [0.1, 0.15) is 0 Å². The fraction of sp³-hybridized carbons (Fsp3) is 0.300. The van der Waals surface area contributed by atoms with E-state index in [1.54, 1.807) is 6.92 Å². The number of carbonyl (C=O) groups is 1. The molecule has 0 fully saturated rings. The molecule has 0 unspecified atom stereocenters. The topological polar surface area (TPSA) is 78.1 Å². The Morgan fingerprint density at radius 1 is 1.56 bits per heavy atom. The normalized spacial score (nSPS) is 11.8. The van der Waals surface area contributed by atoms with Crippen molar-refractivity contribution in [3.8, 4) is 0 Å². The van der Waals surface area contributed by atoms with Crippen molar-refractivity contribution in [2.75, 3.05) is 12.3 Å². The average molecular weight is 261 g/mol. The van der Waals surface area contributed by atoms with Crippen LogP contribution in [0, 0.1) is 0 Å². The van der Waals surface area contributed by atoms with Gasteiger partial charge in [-0.3, -0.25) is 0 Å². The standard InChI is InChI=1S/C10H10F3N3O2/c1-2-18-8(17)4-3-7-6(14)5-15-9(16-7)10(11,12)13/h3-5H,2,14H2,1H3/b4-3+. The predicted molar refractivity (Wildman–Crippen MR) is 57.1 cm³/mol. The van der Waals surface area contributed by atoms with Crippen LogP contribution in [0.5, 0.6) is 0 Å². The molecule has 8 heteroatoms. The number of hydrogen-bond acceptors (Lipinski definition) is 5. The van der Waals surface area contributed by atoms with Gasteiger partial charge in [-0.15, -0.1) is 0 Å². The fourth-order valence-corrected chi connectivity index (χ4v) is 1.01. The first kappa shape index (κ1) is 13.9. The van der Waals surface area contributed by atoms with Gasteiger partial charge >= 0.3 is 12.1 Å². The summed E-state index contributed by atoms with van der Waals surface area (Å²) < 4.78 is 41.6. The van der Waals surface area contributed by atoms with Crippen LogP contribution in [0.25, 0.3) is 6.08 Å². The summed E-state index contributed by atoms with van der Waals surface area (Å²) in [5.41, 5.74) is 5.14. The van der Waals surface area contributed by atoms with Gasteiger partial charge in [0.2, 0.25) is 5.82 Å². The summed E-state index contributed by atoms with van der Waals surface area (Å²) in [5.74, 6) is -2.01. The number of hydrogen-bond donors (Lipinski definition) is 1. The van der Waals surface area contributed by atoms with E-state index in [9.17, 15) is 18.0 Å². The van der Waals surface area contributed by atoms with Crippen LogP contribution in [0.4, 0.5) is 18.9 Å². The maximum atomic E-state index is 12.3. The monoisotopic (exact) mass is 261 g/mol. The van der Waals surface area contributed by atoms with Gasteiger partial charge in [0.25, 0.3) is 0 Å². The van der Waals surface area contributed by atoms with Crippen LogP contribution in [0.3, 0.4) is 0 Å². The number of ether oxygens (including phenoxy) is 1. The van der Waals surface area contributed by atoms with E-state index in [2.05, 4.69) is 14.7 Å². The molecule has 2 N–H and O–H groups in total. The van der Waals surface area contributed by atoms with Crippen molar-refractivity contribution in [3.05, 3.63) is 23.8 Å². The summed E-state index contributed by atoms with van der Waals surface area (Å²) in [6, 6.07) is 0. The van der Waals surface area contributed by atoms with Crippen molar-refractivity contribution in [3.63, 3.8) is 0 Å². The molecule has 0 aliphatic rings. The largest absolute Gasteiger partial charge is 0.463 e. The highest BCUT2D eigenvalue weighted by Crippen LogP contribution is 2.26. The van der Waals surface area contributed by atoms with Crippen LogP contribution >= 0.6 is 0 Å². The average Bonchev–Trinajstić information content (AvgIpc) is 2.26. The van der Waals surface area contributed by atoms with Crippen molar-refractivity contribution < 1.29 is 22.7 Å². The first-order valence-corrected chi connectivity index (χ1v) is 4.89. The highest BCUT2D eigenvalue weighted by atomic mass is 19.4. The molecular weight excluding hydrogens is 251 g/mol. The summed E-state index contributed by atoms with van der Waals surface area (Å²) in [5, 5.41) is 0. The lowest BCUT2D eigenvalue weighted by molar-refractivity contribution is -0.145. The second-order valence-electron chi connectivity index (χ2n) is 3.12. The van der Waals surface area contributed by atoms with Crippen LogP contribution < -0.4 is 5.73 Å². The van der Waals surface area contributed by atoms with E-state index in [1.165, 1.54) is 0 Å². The molecule has 1 rings (SSSR count). The van der Waals surface area contributed by atoms with Crippen LogP contribution in [-0.4, -0.2) is 22.5 Å². The molecule has 1 heterocycles. The van der Waals surface area contributed by atoms with Gasteiger partial charge in [-0.2, -0.15) is 13.2 Å². The molecular formula is C10H10F3N3O2. The Balaban J connectivity index is 2.98. The number of nitrogens with two attached hydrogens (primary N) is 1. The minimum absolute atomic E-state index is 0.0662. The van der Waals surface area contributed by atoms with E-state index in [0.29, 0.717) is 0 Å². The molecule has 1 aromatic heterocycles. The Morgan fingerprint density at radius 2 is 2.22 bits per heavy atom. The summed E-state index contributed by atoms with van der Waals surface area (Å²) in [6.45, 7) is 1.77.